The normalized spacial score (nSPS) is 11.8. The molecule has 2 aromatic carbocycles. The number of benzene rings is 2. The summed E-state index contributed by atoms with van der Waals surface area (Å²) in [6.07, 6.45) is 0. The summed E-state index contributed by atoms with van der Waals surface area (Å²) in [6.45, 7) is 0. The molecule has 1 atom stereocenters. The average Bonchev–Trinajstić information content (AvgIpc) is 2.41. The first-order valence-electron chi connectivity index (χ1n) is 5.78. The van der Waals surface area contributed by atoms with E-state index in [9.17, 15) is 10.1 Å². The summed E-state index contributed by atoms with van der Waals surface area (Å²) in [4.78, 5) is 12.5. The first kappa shape index (κ1) is 16.1. The van der Waals surface area contributed by atoms with Gasteiger partial charge in [-0.25, -0.2) is 0 Å². The standard InChI is InChI=1S/C15H7Cl4NO/c16-8-1-3-10(13(18)5-8)12(7-20)15(21)11-4-2-9(17)6-14(11)19/h1-6,12H. The van der Waals surface area contributed by atoms with Crippen molar-refractivity contribution in [3.63, 3.8) is 0 Å². The maximum Gasteiger partial charge on any atom is 0.186 e. The summed E-state index contributed by atoms with van der Waals surface area (Å²) >= 11 is 23.7. The van der Waals surface area contributed by atoms with Gasteiger partial charge in [0, 0.05) is 20.6 Å². The van der Waals surface area contributed by atoms with Crippen molar-refractivity contribution in [1.82, 2.24) is 0 Å². The van der Waals surface area contributed by atoms with Gasteiger partial charge in [-0.15, -0.1) is 0 Å². The lowest BCUT2D eigenvalue weighted by molar-refractivity contribution is 0.0979. The Morgan fingerprint density at radius 3 is 2.05 bits per heavy atom. The molecule has 2 nitrogen and oxygen atoms in total. The fourth-order valence-electron chi connectivity index (χ4n) is 1.85. The maximum atomic E-state index is 12.5. The van der Waals surface area contributed by atoms with Crippen LogP contribution in [-0.2, 0) is 0 Å². The first-order valence-corrected chi connectivity index (χ1v) is 7.29. The van der Waals surface area contributed by atoms with Crippen LogP contribution >= 0.6 is 46.4 Å². The molecule has 0 N–H and O–H groups in total. The van der Waals surface area contributed by atoms with Gasteiger partial charge in [0.1, 0.15) is 5.92 Å². The number of Topliss-reactive ketones (excluding diaryl/α,β-unsaturated/α-hetero) is 1. The summed E-state index contributed by atoms with van der Waals surface area (Å²) in [5.41, 5.74) is 0.609. The number of halogens is 4. The molecule has 0 aromatic heterocycles. The molecule has 0 spiro atoms. The second-order valence-corrected chi connectivity index (χ2v) is 5.90. The smallest absolute Gasteiger partial charge is 0.186 e. The number of nitriles is 1. The van der Waals surface area contributed by atoms with E-state index in [1.54, 1.807) is 18.2 Å². The van der Waals surface area contributed by atoms with Crippen LogP contribution in [0.3, 0.4) is 0 Å². The van der Waals surface area contributed by atoms with Gasteiger partial charge in [0.25, 0.3) is 0 Å². The van der Waals surface area contributed by atoms with Gasteiger partial charge in [-0.05, 0) is 35.9 Å². The van der Waals surface area contributed by atoms with E-state index in [0.29, 0.717) is 15.6 Å². The van der Waals surface area contributed by atoms with Crippen LogP contribution in [0, 0.1) is 11.3 Å². The molecule has 6 heteroatoms. The molecule has 2 aromatic rings. The number of carbonyl (C=O) groups excluding carboxylic acids is 1. The third kappa shape index (κ3) is 3.51. The Bertz CT molecular complexity index is 752. The molecule has 0 saturated heterocycles. The fourth-order valence-corrected chi connectivity index (χ4v) is 2.87. The number of hydrogen-bond acceptors (Lipinski definition) is 2. The van der Waals surface area contributed by atoms with Crippen LogP contribution < -0.4 is 0 Å². The SMILES string of the molecule is N#CC(C(=O)c1ccc(Cl)cc1Cl)c1ccc(Cl)cc1Cl. The molecule has 2 rings (SSSR count). The van der Waals surface area contributed by atoms with Crippen LogP contribution in [0.2, 0.25) is 20.1 Å². The Hall–Kier alpha value is -1.24. The van der Waals surface area contributed by atoms with Crippen molar-refractivity contribution >= 4 is 52.2 Å². The summed E-state index contributed by atoms with van der Waals surface area (Å²) in [5.74, 6) is -1.50. The predicted octanol–water partition coefficient (Wildman–Crippen LogP) is 5.79. The number of ketones is 1. The first-order chi connectivity index (χ1) is 9.93. The lowest BCUT2D eigenvalue weighted by Gasteiger charge is -2.12. The van der Waals surface area contributed by atoms with Crippen LogP contribution in [0.1, 0.15) is 21.8 Å². The minimum absolute atomic E-state index is 0.192. The highest BCUT2D eigenvalue weighted by molar-refractivity contribution is 6.37. The highest BCUT2D eigenvalue weighted by Crippen LogP contribution is 2.32. The number of nitrogens with zero attached hydrogens (tertiary/aromatic N) is 1. The Morgan fingerprint density at radius 1 is 0.952 bits per heavy atom. The second-order valence-electron chi connectivity index (χ2n) is 4.22. The molecule has 0 aliphatic heterocycles. The molecule has 0 amide bonds. The van der Waals surface area contributed by atoms with Gasteiger partial charge < -0.3 is 0 Å². The predicted molar refractivity (Wildman–Crippen MR) is 85.6 cm³/mol. The molecule has 0 bridgehead atoms. The molecule has 0 aliphatic rings. The zero-order valence-electron chi connectivity index (χ0n) is 10.4. The molecule has 0 fully saturated rings. The molecule has 0 heterocycles. The highest BCUT2D eigenvalue weighted by Gasteiger charge is 2.25. The summed E-state index contributed by atoms with van der Waals surface area (Å²) < 4.78 is 0. The van der Waals surface area contributed by atoms with Crippen LogP contribution in [0.4, 0.5) is 0 Å². The van der Waals surface area contributed by atoms with Gasteiger partial charge in [-0.2, -0.15) is 5.26 Å². The molecule has 21 heavy (non-hydrogen) atoms. The van der Waals surface area contributed by atoms with Crippen molar-refractivity contribution in [3.05, 3.63) is 67.6 Å². The third-order valence-electron chi connectivity index (χ3n) is 2.86. The van der Waals surface area contributed by atoms with Gasteiger partial charge in [-0.1, -0.05) is 52.5 Å². The van der Waals surface area contributed by atoms with Crippen LogP contribution in [0.15, 0.2) is 36.4 Å². The Labute approximate surface area is 141 Å². The zero-order valence-corrected chi connectivity index (χ0v) is 13.4. The summed E-state index contributed by atoms with van der Waals surface area (Å²) in [5, 5.41) is 10.6. The average molecular weight is 359 g/mol. The fraction of sp³-hybridized carbons (Fsp3) is 0.0667. The van der Waals surface area contributed by atoms with E-state index in [2.05, 4.69) is 0 Å². The molecule has 0 radical (unpaired) electrons. The van der Waals surface area contributed by atoms with Crippen molar-refractivity contribution in [2.45, 2.75) is 5.92 Å². The van der Waals surface area contributed by atoms with E-state index in [4.69, 9.17) is 46.4 Å². The van der Waals surface area contributed by atoms with Crippen molar-refractivity contribution in [2.24, 2.45) is 0 Å². The quantitative estimate of drug-likeness (QED) is 0.651. The lowest BCUT2D eigenvalue weighted by Crippen LogP contribution is -2.12. The number of rotatable bonds is 3. The molecular weight excluding hydrogens is 352 g/mol. The Kier molecular flexibility index (Phi) is 5.13. The monoisotopic (exact) mass is 357 g/mol. The van der Waals surface area contributed by atoms with Gasteiger partial charge >= 0.3 is 0 Å². The van der Waals surface area contributed by atoms with Gasteiger partial charge in [0.05, 0.1) is 11.1 Å². The van der Waals surface area contributed by atoms with Crippen molar-refractivity contribution in [3.8, 4) is 6.07 Å². The molecule has 106 valence electrons. The van der Waals surface area contributed by atoms with E-state index in [0.717, 1.165) is 0 Å². The van der Waals surface area contributed by atoms with E-state index in [1.165, 1.54) is 18.2 Å². The molecule has 0 aliphatic carbocycles. The molecule has 0 saturated carbocycles. The molecule has 1 unspecified atom stereocenters. The van der Waals surface area contributed by atoms with E-state index < -0.39 is 11.7 Å². The van der Waals surface area contributed by atoms with E-state index >= 15 is 0 Å². The van der Waals surface area contributed by atoms with Crippen LogP contribution in [-0.4, -0.2) is 5.78 Å². The molecular formula is C15H7Cl4NO. The van der Waals surface area contributed by atoms with Crippen molar-refractivity contribution in [1.29, 1.82) is 5.26 Å². The van der Waals surface area contributed by atoms with Crippen molar-refractivity contribution in [2.75, 3.05) is 0 Å². The van der Waals surface area contributed by atoms with Crippen LogP contribution in [0.25, 0.3) is 0 Å². The number of hydrogen-bond donors (Lipinski definition) is 0. The van der Waals surface area contributed by atoms with Crippen molar-refractivity contribution < 1.29 is 4.79 Å². The number of carbonyl (C=O) groups is 1. The second kappa shape index (κ2) is 6.68. The largest absolute Gasteiger partial charge is 0.292 e. The highest BCUT2D eigenvalue weighted by atomic mass is 35.5. The zero-order chi connectivity index (χ0) is 15.6. The maximum absolute atomic E-state index is 12.5. The van der Waals surface area contributed by atoms with Gasteiger partial charge in [0.2, 0.25) is 0 Å². The van der Waals surface area contributed by atoms with Gasteiger partial charge in [-0.3, -0.25) is 4.79 Å². The Morgan fingerprint density at radius 2 is 1.52 bits per heavy atom. The lowest BCUT2D eigenvalue weighted by atomic mass is 9.92. The minimum Gasteiger partial charge on any atom is -0.292 e. The third-order valence-corrected chi connectivity index (χ3v) is 3.97. The van der Waals surface area contributed by atoms with E-state index in [1.807, 2.05) is 6.07 Å². The summed E-state index contributed by atoms with van der Waals surface area (Å²) in [7, 11) is 0. The van der Waals surface area contributed by atoms with E-state index in [-0.39, 0.29) is 15.6 Å². The minimum atomic E-state index is -1.06. The Balaban J connectivity index is 2.46. The summed E-state index contributed by atoms with van der Waals surface area (Å²) in [6, 6.07) is 11.0. The van der Waals surface area contributed by atoms with Crippen LogP contribution in [0.5, 0.6) is 0 Å². The van der Waals surface area contributed by atoms with Gasteiger partial charge in [0.15, 0.2) is 5.78 Å². The topological polar surface area (TPSA) is 40.9 Å².